The summed E-state index contributed by atoms with van der Waals surface area (Å²) >= 11 is 1.55. The number of rotatable bonds is 2. The molecule has 0 bridgehead atoms. The summed E-state index contributed by atoms with van der Waals surface area (Å²) in [6.07, 6.45) is 1.76. The molecule has 156 valence electrons. The van der Waals surface area contributed by atoms with E-state index in [-0.39, 0.29) is 17.4 Å². The number of benzene rings is 1. The molecule has 3 aromatic rings. The molecule has 30 heavy (non-hydrogen) atoms. The van der Waals surface area contributed by atoms with Gasteiger partial charge in [0.1, 0.15) is 23.9 Å². The van der Waals surface area contributed by atoms with E-state index < -0.39 is 0 Å². The lowest BCUT2D eigenvalue weighted by Crippen LogP contribution is -2.40. The minimum Gasteiger partial charge on any atom is -0.486 e. The quantitative estimate of drug-likeness (QED) is 0.680. The van der Waals surface area contributed by atoms with Gasteiger partial charge >= 0.3 is 0 Å². The zero-order chi connectivity index (χ0) is 20.8. The monoisotopic (exact) mass is 425 g/mol. The van der Waals surface area contributed by atoms with E-state index in [1.54, 1.807) is 29.5 Å². The van der Waals surface area contributed by atoms with Crippen molar-refractivity contribution in [2.75, 3.05) is 26.3 Å². The maximum Gasteiger partial charge on any atom is 0.259 e. The summed E-state index contributed by atoms with van der Waals surface area (Å²) in [6.45, 7) is 6.19. The molecule has 2 aliphatic rings. The third kappa shape index (κ3) is 3.25. The molecule has 1 amide bonds. The number of amides is 1. The molecule has 7 nitrogen and oxygen atoms in total. The normalized spacial score (nSPS) is 18.6. The van der Waals surface area contributed by atoms with Crippen LogP contribution in [-0.2, 0) is 0 Å². The fourth-order valence-electron chi connectivity index (χ4n) is 4.21. The van der Waals surface area contributed by atoms with Gasteiger partial charge in [-0.15, -0.1) is 11.3 Å². The second kappa shape index (κ2) is 7.43. The molecule has 0 unspecified atom stereocenters. The van der Waals surface area contributed by atoms with Gasteiger partial charge < -0.3 is 19.4 Å². The number of nitrogens with zero attached hydrogens (tertiary/aromatic N) is 2. The second-order valence-electron chi connectivity index (χ2n) is 7.86. The Labute approximate surface area is 177 Å². The van der Waals surface area contributed by atoms with Gasteiger partial charge in [-0.2, -0.15) is 0 Å². The summed E-state index contributed by atoms with van der Waals surface area (Å²) in [5.41, 5.74) is 1.49. The largest absolute Gasteiger partial charge is 0.486 e. The highest BCUT2D eigenvalue weighted by atomic mass is 32.1. The third-order valence-corrected chi connectivity index (χ3v) is 7.04. The minimum absolute atomic E-state index is 0.0136. The number of aryl methyl sites for hydroxylation is 2. The number of nitrogens with one attached hydrogen (secondary N) is 1. The van der Waals surface area contributed by atoms with Crippen LogP contribution in [0.15, 0.2) is 23.0 Å². The molecule has 2 aliphatic heterocycles. The van der Waals surface area contributed by atoms with Crippen molar-refractivity contribution in [2.45, 2.75) is 32.6 Å². The van der Waals surface area contributed by atoms with Gasteiger partial charge in [-0.25, -0.2) is 4.98 Å². The van der Waals surface area contributed by atoms with Crippen LogP contribution in [0, 0.1) is 13.8 Å². The summed E-state index contributed by atoms with van der Waals surface area (Å²) in [4.78, 5) is 37.2. The highest BCUT2D eigenvalue weighted by molar-refractivity contribution is 7.18. The van der Waals surface area contributed by atoms with Gasteiger partial charge in [0.2, 0.25) is 0 Å². The maximum atomic E-state index is 13.1. The second-order valence-corrected chi connectivity index (χ2v) is 9.07. The maximum absolute atomic E-state index is 13.1. The van der Waals surface area contributed by atoms with Gasteiger partial charge in [-0.05, 0) is 50.5 Å². The van der Waals surface area contributed by atoms with Crippen LogP contribution in [0.2, 0.25) is 0 Å². The fraction of sp³-hybridized carbons (Fsp3) is 0.409. The Morgan fingerprint density at radius 3 is 2.87 bits per heavy atom. The minimum atomic E-state index is -0.0906. The number of H-pyrrole nitrogens is 1. The van der Waals surface area contributed by atoms with E-state index in [2.05, 4.69) is 4.98 Å². The molecule has 0 saturated carbocycles. The summed E-state index contributed by atoms with van der Waals surface area (Å²) in [6, 6.07) is 5.32. The first-order valence-electron chi connectivity index (χ1n) is 10.2. The predicted octanol–water partition coefficient (Wildman–Crippen LogP) is 3.39. The zero-order valence-electron chi connectivity index (χ0n) is 17.0. The number of carbonyl (C=O) groups is 1. The van der Waals surface area contributed by atoms with E-state index in [0.717, 1.165) is 28.1 Å². The molecule has 1 N–H and O–H groups in total. The van der Waals surface area contributed by atoms with E-state index in [1.807, 2.05) is 18.7 Å². The Morgan fingerprint density at radius 2 is 2.03 bits per heavy atom. The lowest BCUT2D eigenvalue weighted by atomic mass is 9.96. The highest BCUT2D eigenvalue weighted by Gasteiger charge is 2.28. The van der Waals surface area contributed by atoms with Gasteiger partial charge in [0.25, 0.3) is 11.5 Å². The SMILES string of the molecule is Cc1sc2nc([C@@H]3CCCN(C(=O)c4ccc5c(c4)OCCO5)C3)[nH]c(=O)c2c1C. The Kier molecular flexibility index (Phi) is 4.73. The number of hydrogen-bond acceptors (Lipinski definition) is 6. The number of fused-ring (bicyclic) bond motifs is 2. The lowest BCUT2D eigenvalue weighted by Gasteiger charge is -2.32. The molecule has 5 rings (SSSR count). The average molecular weight is 426 g/mol. The Morgan fingerprint density at radius 1 is 1.23 bits per heavy atom. The first-order chi connectivity index (χ1) is 14.5. The van der Waals surface area contributed by atoms with E-state index >= 15 is 0 Å². The van der Waals surface area contributed by atoms with Crippen molar-refractivity contribution >= 4 is 27.5 Å². The van der Waals surface area contributed by atoms with Crippen LogP contribution in [-0.4, -0.2) is 47.1 Å². The van der Waals surface area contributed by atoms with Crippen molar-refractivity contribution in [3.8, 4) is 11.5 Å². The van der Waals surface area contributed by atoms with E-state index in [4.69, 9.17) is 14.5 Å². The van der Waals surface area contributed by atoms with Crippen molar-refractivity contribution in [1.29, 1.82) is 0 Å². The van der Waals surface area contributed by atoms with Crippen molar-refractivity contribution in [1.82, 2.24) is 14.9 Å². The van der Waals surface area contributed by atoms with Crippen LogP contribution < -0.4 is 15.0 Å². The van der Waals surface area contributed by atoms with Crippen molar-refractivity contribution in [3.05, 3.63) is 50.4 Å². The fourth-order valence-corrected chi connectivity index (χ4v) is 5.25. The molecule has 1 fully saturated rings. The zero-order valence-corrected chi connectivity index (χ0v) is 17.8. The lowest BCUT2D eigenvalue weighted by molar-refractivity contribution is 0.0703. The summed E-state index contributed by atoms with van der Waals surface area (Å²) in [5.74, 6) is 1.93. The third-order valence-electron chi connectivity index (χ3n) is 5.94. The average Bonchev–Trinajstić information content (AvgIpc) is 3.06. The van der Waals surface area contributed by atoms with Crippen LogP contribution in [0.4, 0.5) is 0 Å². The molecule has 1 aromatic carbocycles. The van der Waals surface area contributed by atoms with Gasteiger partial charge in [-0.1, -0.05) is 0 Å². The molecule has 1 atom stereocenters. The van der Waals surface area contributed by atoms with Crippen molar-refractivity contribution in [2.24, 2.45) is 0 Å². The first kappa shape index (κ1) is 19.1. The van der Waals surface area contributed by atoms with Crippen LogP contribution in [0.5, 0.6) is 11.5 Å². The number of aromatic amines is 1. The number of hydrogen-bond donors (Lipinski definition) is 1. The number of likely N-dealkylation sites (tertiary alicyclic amines) is 1. The highest BCUT2D eigenvalue weighted by Crippen LogP contribution is 2.33. The molecule has 4 heterocycles. The van der Waals surface area contributed by atoms with Crippen LogP contribution in [0.25, 0.3) is 10.2 Å². The van der Waals surface area contributed by atoms with Crippen LogP contribution >= 0.6 is 11.3 Å². The number of carbonyl (C=O) groups excluding carboxylic acids is 1. The number of piperidine rings is 1. The topological polar surface area (TPSA) is 84.5 Å². The first-order valence-corrected chi connectivity index (χ1v) is 11.0. The van der Waals surface area contributed by atoms with Gasteiger partial charge in [0, 0.05) is 29.4 Å². The van der Waals surface area contributed by atoms with E-state index in [9.17, 15) is 9.59 Å². The smallest absolute Gasteiger partial charge is 0.259 e. The number of thiophene rings is 1. The van der Waals surface area contributed by atoms with Crippen molar-refractivity contribution in [3.63, 3.8) is 0 Å². The van der Waals surface area contributed by atoms with Gasteiger partial charge in [0.15, 0.2) is 11.5 Å². The van der Waals surface area contributed by atoms with Gasteiger partial charge in [0.05, 0.1) is 5.39 Å². The van der Waals surface area contributed by atoms with Crippen LogP contribution in [0.3, 0.4) is 0 Å². The molecule has 0 radical (unpaired) electrons. The van der Waals surface area contributed by atoms with Crippen molar-refractivity contribution < 1.29 is 14.3 Å². The molecule has 0 spiro atoms. The Hall–Kier alpha value is -2.87. The summed E-state index contributed by atoms with van der Waals surface area (Å²) < 4.78 is 11.2. The Balaban J connectivity index is 1.40. The Bertz CT molecular complexity index is 1200. The molecular formula is C22H23N3O4S. The molecule has 8 heteroatoms. The molecule has 2 aromatic heterocycles. The van der Waals surface area contributed by atoms with E-state index in [1.165, 1.54) is 0 Å². The van der Waals surface area contributed by atoms with Crippen LogP contribution in [0.1, 0.15) is 45.4 Å². The standard InChI is InChI=1S/C22H23N3O4S/c1-12-13(2)30-21-18(12)20(26)23-19(24-21)15-4-3-7-25(11-15)22(27)14-5-6-16-17(10-14)29-9-8-28-16/h5-6,10,15H,3-4,7-9,11H2,1-2H3,(H,23,24,26)/t15-/m1/s1. The summed E-state index contributed by atoms with van der Waals surface area (Å²) in [7, 11) is 0. The number of ether oxygens (including phenoxy) is 2. The van der Waals surface area contributed by atoms with E-state index in [0.29, 0.717) is 54.6 Å². The number of aromatic nitrogens is 2. The molecular weight excluding hydrogens is 402 g/mol. The molecule has 1 saturated heterocycles. The predicted molar refractivity (Wildman–Crippen MR) is 115 cm³/mol. The van der Waals surface area contributed by atoms with Gasteiger partial charge in [-0.3, -0.25) is 9.59 Å². The molecule has 0 aliphatic carbocycles. The summed E-state index contributed by atoms with van der Waals surface area (Å²) in [5, 5.41) is 0.682.